The number of hydrazine groups is 1. The number of hydrogen-bond acceptors (Lipinski definition) is 7. The van der Waals surface area contributed by atoms with Gasteiger partial charge < -0.3 is 5.32 Å². The Morgan fingerprint density at radius 3 is 2.62 bits per heavy atom. The molecule has 0 saturated carbocycles. The second kappa shape index (κ2) is 8.82. The van der Waals surface area contributed by atoms with Gasteiger partial charge in [0.1, 0.15) is 5.69 Å². The summed E-state index contributed by atoms with van der Waals surface area (Å²) in [4.78, 5) is 39.6. The molecular weight excluding hydrogens is 430 g/mol. The van der Waals surface area contributed by atoms with E-state index in [1.54, 1.807) is 23.9 Å². The van der Waals surface area contributed by atoms with Crippen LogP contribution < -0.4 is 16.2 Å². The topological polar surface area (TPSA) is 126 Å². The fourth-order valence-corrected chi connectivity index (χ4v) is 3.68. The fraction of sp³-hybridized carbons (Fsp3) is 0.0455. The summed E-state index contributed by atoms with van der Waals surface area (Å²) in [7, 11) is 0. The van der Waals surface area contributed by atoms with Crippen molar-refractivity contribution in [1.82, 2.24) is 10.4 Å². The minimum Gasteiger partial charge on any atom is -0.321 e. The van der Waals surface area contributed by atoms with E-state index < -0.39 is 16.7 Å². The Bertz CT molecular complexity index is 1340. The van der Waals surface area contributed by atoms with E-state index in [9.17, 15) is 19.7 Å². The molecule has 4 rings (SSSR count). The first kappa shape index (κ1) is 20.9. The number of thiazole rings is 1. The molecule has 9 nitrogen and oxygen atoms in total. The maximum absolute atomic E-state index is 12.8. The molecule has 0 unspecified atom stereocenters. The van der Waals surface area contributed by atoms with Gasteiger partial charge in [-0.25, -0.2) is 4.98 Å². The van der Waals surface area contributed by atoms with E-state index in [-0.39, 0.29) is 16.9 Å². The quantitative estimate of drug-likeness (QED) is 0.295. The number of fused-ring (bicyclic) bond motifs is 1. The van der Waals surface area contributed by atoms with Crippen LogP contribution in [0.15, 0.2) is 65.5 Å². The smallest absolute Gasteiger partial charge is 0.289 e. The summed E-state index contributed by atoms with van der Waals surface area (Å²) in [6.45, 7) is 1.61. The lowest BCUT2D eigenvalue weighted by Gasteiger charge is -2.14. The van der Waals surface area contributed by atoms with Gasteiger partial charge >= 0.3 is 0 Å². The predicted molar refractivity (Wildman–Crippen MR) is 123 cm³/mol. The van der Waals surface area contributed by atoms with Crippen LogP contribution in [0.5, 0.6) is 0 Å². The molecule has 32 heavy (non-hydrogen) atoms. The van der Waals surface area contributed by atoms with Gasteiger partial charge in [0.05, 0.1) is 21.8 Å². The van der Waals surface area contributed by atoms with Crippen LogP contribution >= 0.6 is 11.3 Å². The summed E-state index contributed by atoms with van der Waals surface area (Å²) in [6, 6.07) is 15.2. The number of nitrogens with one attached hydrogen (secondary N) is 3. The molecule has 2 amide bonds. The lowest BCUT2D eigenvalue weighted by atomic mass is 10.1. The van der Waals surface area contributed by atoms with Crippen molar-refractivity contribution < 1.29 is 14.5 Å². The molecule has 10 heteroatoms. The summed E-state index contributed by atoms with van der Waals surface area (Å²) in [5, 5.41) is 17.3. The van der Waals surface area contributed by atoms with Crippen molar-refractivity contribution in [3.8, 4) is 0 Å². The predicted octanol–water partition coefficient (Wildman–Crippen LogP) is 4.52. The molecule has 0 fully saturated rings. The second-order valence-corrected chi connectivity index (χ2v) is 7.63. The molecule has 0 radical (unpaired) electrons. The number of anilines is 2. The highest BCUT2D eigenvalue weighted by Gasteiger charge is 2.16. The number of nitrogens with zero attached hydrogens (tertiary/aromatic N) is 2. The molecule has 3 N–H and O–H groups in total. The van der Waals surface area contributed by atoms with Gasteiger partial charge in [0.2, 0.25) is 0 Å². The molecule has 4 aromatic rings. The van der Waals surface area contributed by atoms with E-state index in [2.05, 4.69) is 21.2 Å². The normalized spacial score (nSPS) is 10.5. The molecular formula is C22H17N5O4S. The maximum atomic E-state index is 12.8. The highest BCUT2D eigenvalue weighted by Crippen LogP contribution is 2.29. The number of nitro groups is 1. The first-order valence-corrected chi connectivity index (χ1v) is 10.4. The highest BCUT2D eigenvalue weighted by atomic mass is 32.1. The van der Waals surface area contributed by atoms with E-state index >= 15 is 0 Å². The van der Waals surface area contributed by atoms with Crippen molar-refractivity contribution in [1.29, 1.82) is 0 Å². The van der Waals surface area contributed by atoms with Crippen LogP contribution in [-0.4, -0.2) is 21.7 Å². The first-order chi connectivity index (χ1) is 15.4. The fourth-order valence-electron chi connectivity index (χ4n) is 3.15. The zero-order valence-corrected chi connectivity index (χ0v) is 17.6. The zero-order valence-electron chi connectivity index (χ0n) is 16.8. The van der Waals surface area contributed by atoms with Gasteiger partial charge in [-0.1, -0.05) is 30.3 Å². The van der Waals surface area contributed by atoms with Crippen LogP contribution in [0.3, 0.4) is 0 Å². The van der Waals surface area contributed by atoms with Crippen molar-refractivity contribution in [2.24, 2.45) is 0 Å². The van der Waals surface area contributed by atoms with Crippen molar-refractivity contribution in [2.75, 3.05) is 10.7 Å². The van der Waals surface area contributed by atoms with Gasteiger partial charge in [0, 0.05) is 28.0 Å². The number of aryl methyl sites for hydroxylation is 1. The van der Waals surface area contributed by atoms with E-state index in [1.165, 1.54) is 29.5 Å². The van der Waals surface area contributed by atoms with Gasteiger partial charge in [-0.15, -0.1) is 11.3 Å². The monoisotopic (exact) mass is 447 g/mol. The largest absolute Gasteiger partial charge is 0.321 e. The highest BCUT2D eigenvalue weighted by molar-refractivity contribution is 7.07. The summed E-state index contributed by atoms with van der Waals surface area (Å²) in [5.74, 6) is -0.876. The number of carbonyl (C=O) groups excluding carboxylic acids is 2. The number of amides is 2. The molecule has 1 heterocycles. The zero-order chi connectivity index (χ0) is 22.7. The standard InChI is InChI=1S/C22H17N5O4S/c1-13-6-7-15(9-20(13)27(30)31)21(28)24-18-10-16(8-14-4-2-3-5-17(14)18)25-26-22(29)19-11-32-12-23-19/h2-12,25H,1H3,(H,24,28)(H,26,29). The van der Waals surface area contributed by atoms with Crippen LogP contribution in [0.2, 0.25) is 0 Å². The van der Waals surface area contributed by atoms with E-state index in [4.69, 9.17) is 0 Å². The van der Waals surface area contributed by atoms with Crippen molar-refractivity contribution in [3.63, 3.8) is 0 Å². The Morgan fingerprint density at radius 1 is 1.06 bits per heavy atom. The minimum atomic E-state index is -0.517. The summed E-state index contributed by atoms with van der Waals surface area (Å²) in [6.07, 6.45) is 0. The molecule has 3 aromatic carbocycles. The first-order valence-electron chi connectivity index (χ1n) is 9.46. The van der Waals surface area contributed by atoms with Crippen LogP contribution in [0.25, 0.3) is 10.8 Å². The SMILES string of the molecule is Cc1ccc(C(=O)Nc2cc(NNC(=O)c3cscn3)cc3ccccc23)cc1[N+](=O)[O-]. The Morgan fingerprint density at radius 2 is 1.88 bits per heavy atom. The summed E-state index contributed by atoms with van der Waals surface area (Å²) < 4.78 is 0. The molecule has 0 saturated heterocycles. The molecule has 0 aliphatic carbocycles. The number of rotatable bonds is 6. The van der Waals surface area contributed by atoms with Crippen LogP contribution in [0, 0.1) is 17.0 Å². The van der Waals surface area contributed by atoms with Crippen LogP contribution in [-0.2, 0) is 0 Å². The Labute approximate surface area is 186 Å². The number of nitro benzene ring substituents is 1. The third kappa shape index (κ3) is 4.40. The summed E-state index contributed by atoms with van der Waals surface area (Å²) in [5.41, 5.74) is 8.80. The molecule has 0 spiro atoms. The molecule has 1 aromatic heterocycles. The van der Waals surface area contributed by atoms with Crippen molar-refractivity contribution >= 4 is 51.0 Å². The average molecular weight is 447 g/mol. The minimum absolute atomic E-state index is 0.123. The van der Waals surface area contributed by atoms with Gasteiger partial charge in [0.25, 0.3) is 17.5 Å². The average Bonchev–Trinajstić information content (AvgIpc) is 3.32. The molecule has 160 valence electrons. The van der Waals surface area contributed by atoms with E-state index in [1.807, 2.05) is 30.3 Å². The second-order valence-electron chi connectivity index (χ2n) is 6.91. The third-order valence-electron chi connectivity index (χ3n) is 4.76. The van der Waals surface area contributed by atoms with Crippen molar-refractivity contribution in [2.45, 2.75) is 6.92 Å². The van der Waals surface area contributed by atoms with Gasteiger partial charge in [-0.2, -0.15) is 0 Å². The van der Waals surface area contributed by atoms with E-state index in [0.29, 0.717) is 16.9 Å². The molecule has 0 atom stereocenters. The Kier molecular flexibility index (Phi) is 5.77. The number of aromatic nitrogens is 1. The van der Waals surface area contributed by atoms with E-state index in [0.717, 1.165) is 10.8 Å². The molecule has 0 aliphatic rings. The number of hydrogen-bond donors (Lipinski definition) is 3. The Hall–Kier alpha value is -4.31. The number of carbonyl (C=O) groups is 2. The molecule has 0 aliphatic heterocycles. The lowest BCUT2D eigenvalue weighted by Crippen LogP contribution is -2.29. The van der Waals surface area contributed by atoms with Gasteiger partial charge in [-0.3, -0.25) is 30.6 Å². The maximum Gasteiger partial charge on any atom is 0.289 e. The van der Waals surface area contributed by atoms with Gasteiger partial charge in [0.15, 0.2) is 0 Å². The van der Waals surface area contributed by atoms with Crippen LogP contribution in [0.4, 0.5) is 17.1 Å². The summed E-state index contributed by atoms with van der Waals surface area (Å²) >= 11 is 1.31. The Balaban J connectivity index is 1.61. The van der Waals surface area contributed by atoms with Crippen LogP contribution in [0.1, 0.15) is 26.4 Å². The van der Waals surface area contributed by atoms with Gasteiger partial charge in [-0.05, 0) is 30.5 Å². The lowest BCUT2D eigenvalue weighted by molar-refractivity contribution is -0.385. The van der Waals surface area contributed by atoms with Crippen molar-refractivity contribution in [3.05, 3.63) is 92.4 Å². The number of benzene rings is 3. The molecule has 0 bridgehead atoms. The third-order valence-corrected chi connectivity index (χ3v) is 5.35.